The number of rotatable bonds is 10. The van der Waals surface area contributed by atoms with Crippen LogP contribution in [0, 0.1) is 0 Å². The molecule has 4 N–H and O–H groups in total. The van der Waals surface area contributed by atoms with Crippen LogP contribution in [0.2, 0.25) is 0 Å². The van der Waals surface area contributed by atoms with E-state index >= 15 is 0 Å². The minimum Gasteiger partial charge on any atom is -0.491 e. The molecule has 18 nitrogen and oxygen atoms in total. The van der Waals surface area contributed by atoms with Crippen LogP contribution in [-0.2, 0) is 49.4 Å². The van der Waals surface area contributed by atoms with E-state index in [0.29, 0.717) is 64.4 Å². The van der Waals surface area contributed by atoms with Gasteiger partial charge in [-0.25, -0.2) is 29.8 Å². The summed E-state index contributed by atoms with van der Waals surface area (Å²) in [4.78, 5) is 21.7. The minimum atomic E-state index is -0.935. The summed E-state index contributed by atoms with van der Waals surface area (Å²) in [7, 11) is 6.50. The van der Waals surface area contributed by atoms with Gasteiger partial charge in [-0.3, -0.25) is 0 Å². The molecule has 4 atom stereocenters. The summed E-state index contributed by atoms with van der Waals surface area (Å²) in [6, 6.07) is 27.8. The highest BCUT2D eigenvalue weighted by atomic mass is 79.9. The van der Waals surface area contributed by atoms with E-state index < -0.39 is 22.7 Å². The molecule has 7 aliphatic heterocycles. The van der Waals surface area contributed by atoms with Crippen molar-refractivity contribution in [3.63, 3.8) is 0 Å². The van der Waals surface area contributed by atoms with Crippen LogP contribution in [-0.4, -0.2) is 133 Å². The predicted octanol–water partition coefficient (Wildman–Crippen LogP) is 7.19. The quantitative estimate of drug-likeness (QED) is 0.120. The van der Waals surface area contributed by atoms with Gasteiger partial charge in [0.05, 0.1) is 48.8 Å². The van der Waals surface area contributed by atoms with Gasteiger partial charge in [0.15, 0.2) is 0 Å². The number of halogens is 1. The molecule has 0 bridgehead atoms. The standard InChI is InChI=1S/C24H29N3O5.C15H23BO4.C15H18BrN3O3/c1-27-22(25)26-24(32-27)15-23(9-4-10-29-16-23)31-21-8-7-18(14-20(21)24)17-5-3-6-19(13-17)30-12-11-28-2;1-14(2)15(3,4)20-16(19-14)12-7-6-8-13(11-12)18-10-9-17-5;1-19-13(17)18-15(22-19)8-14(5-2-6-20-9-14)21-12-4-3-10(16)7-11(12)15/h3,5-8,13-14H,4,9-12,15-16H2,1-2H3,(H2,25,26);6-8,11H,9-10H2,1-5H3;3-4,7H,2,5-6,8-9H2,1H3,(H2,17,18). The van der Waals surface area contributed by atoms with Crippen LogP contribution in [0.4, 0.5) is 0 Å². The molecular weight excluding hydrogens is 1020 g/mol. The van der Waals surface area contributed by atoms with Gasteiger partial charge in [0.2, 0.25) is 23.4 Å². The molecule has 7 heterocycles. The van der Waals surface area contributed by atoms with Crippen LogP contribution in [0.5, 0.6) is 23.0 Å². The molecule has 0 radical (unpaired) electrons. The molecule has 0 saturated carbocycles. The van der Waals surface area contributed by atoms with Crippen LogP contribution in [0.3, 0.4) is 0 Å². The second kappa shape index (κ2) is 21.8. The maximum absolute atomic E-state index is 6.53. The van der Waals surface area contributed by atoms with Gasteiger partial charge in [0.1, 0.15) is 47.4 Å². The molecule has 4 unspecified atom stereocenters. The molecule has 0 aromatic heterocycles. The Balaban J connectivity index is 0.000000142. The van der Waals surface area contributed by atoms with Crippen molar-refractivity contribution in [3.05, 3.63) is 101 Å². The van der Waals surface area contributed by atoms with Gasteiger partial charge in [0, 0.05) is 58.8 Å². The van der Waals surface area contributed by atoms with E-state index in [4.69, 9.17) is 73.3 Å². The van der Waals surface area contributed by atoms with E-state index in [-0.39, 0.29) is 18.3 Å². The monoisotopic (exact) mass is 1080 g/mol. The number of methoxy groups -OCH3 is 2. The van der Waals surface area contributed by atoms with Crippen molar-refractivity contribution < 1.29 is 56.9 Å². The average Bonchev–Trinajstić information content (AvgIpc) is 3.91. The molecule has 0 amide bonds. The highest BCUT2D eigenvalue weighted by Gasteiger charge is 2.57. The number of ether oxygens (including phenoxy) is 8. The molecular formula is C54H70BBrN6O12. The van der Waals surface area contributed by atoms with E-state index in [0.717, 1.165) is 94.1 Å². The summed E-state index contributed by atoms with van der Waals surface area (Å²) < 4.78 is 58.8. The summed E-state index contributed by atoms with van der Waals surface area (Å²) in [6.07, 6.45) is 4.85. The first-order chi connectivity index (χ1) is 35.4. The van der Waals surface area contributed by atoms with Gasteiger partial charge in [-0.1, -0.05) is 46.3 Å². The van der Waals surface area contributed by atoms with Crippen LogP contribution in [0.15, 0.2) is 99.4 Å². The molecule has 11 rings (SSSR count). The lowest BCUT2D eigenvalue weighted by Gasteiger charge is -2.46. The first kappa shape index (κ1) is 53.7. The van der Waals surface area contributed by atoms with Gasteiger partial charge < -0.3 is 58.7 Å². The lowest BCUT2D eigenvalue weighted by atomic mass is 9.79. The van der Waals surface area contributed by atoms with Crippen molar-refractivity contribution in [1.82, 2.24) is 10.1 Å². The largest absolute Gasteiger partial charge is 0.494 e. The summed E-state index contributed by atoms with van der Waals surface area (Å²) in [5.41, 5.74) is 13.6. The van der Waals surface area contributed by atoms with Gasteiger partial charge >= 0.3 is 7.12 Å². The van der Waals surface area contributed by atoms with Gasteiger partial charge in [-0.05, 0) is 125 Å². The van der Waals surface area contributed by atoms with Crippen molar-refractivity contribution in [3.8, 4) is 34.1 Å². The van der Waals surface area contributed by atoms with Gasteiger partial charge in [-0.2, -0.15) is 0 Å². The molecule has 0 aliphatic carbocycles. The molecule has 3 fully saturated rings. The Morgan fingerprint density at radius 1 is 0.622 bits per heavy atom. The summed E-state index contributed by atoms with van der Waals surface area (Å²) >= 11 is 3.51. The number of nitrogens with zero attached hydrogens (tertiary/aromatic N) is 4. The van der Waals surface area contributed by atoms with Crippen molar-refractivity contribution in [2.75, 3.05) is 81.2 Å². The van der Waals surface area contributed by atoms with E-state index in [9.17, 15) is 0 Å². The highest BCUT2D eigenvalue weighted by molar-refractivity contribution is 9.10. The number of hydrogen-bond donors (Lipinski definition) is 2. The fraction of sp³-hybridized carbons (Fsp3) is 0.519. The van der Waals surface area contributed by atoms with Crippen LogP contribution < -0.4 is 35.9 Å². The number of hydroxylamine groups is 4. The summed E-state index contributed by atoms with van der Waals surface area (Å²) in [5, 5.41) is 3.05. The van der Waals surface area contributed by atoms with Crippen LogP contribution >= 0.6 is 15.9 Å². The molecule has 4 aromatic rings. The van der Waals surface area contributed by atoms with Crippen LogP contribution in [0.25, 0.3) is 11.1 Å². The zero-order valence-electron chi connectivity index (χ0n) is 43.8. The Labute approximate surface area is 443 Å². The Bertz CT molecular complexity index is 2670. The fourth-order valence-electron chi connectivity index (χ4n) is 10.1. The lowest BCUT2D eigenvalue weighted by molar-refractivity contribution is -0.216. The van der Waals surface area contributed by atoms with Crippen molar-refractivity contribution in [1.29, 1.82) is 0 Å². The maximum atomic E-state index is 6.53. The Morgan fingerprint density at radius 3 is 1.62 bits per heavy atom. The first-order valence-corrected chi connectivity index (χ1v) is 26.0. The predicted molar refractivity (Wildman–Crippen MR) is 283 cm³/mol. The fourth-order valence-corrected chi connectivity index (χ4v) is 10.5. The van der Waals surface area contributed by atoms with Crippen LogP contribution in [0.1, 0.15) is 77.3 Å². The van der Waals surface area contributed by atoms with E-state index in [1.165, 1.54) is 10.1 Å². The number of guanidine groups is 2. The molecule has 4 aromatic carbocycles. The van der Waals surface area contributed by atoms with Crippen molar-refractivity contribution in [2.24, 2.45) is 21.5 Å². The maximum Gasteiger partial charge on any atom is 0.494 e. The summed E-state index contributed by atoms with van der Waals surface area (Å²) in [6.45, 7) is 12.9. The SMILES string of the molecule is CN1OC2(CC3(CCCOC3)Oc3ccc(Br)cc32)N=C1N.COCCOc1cccc(-c2ccc3c(c2)C2(CC4(CCCOC4)O3)N=C(N)N(C)O2)c1.COCCOc1cccc(B2OC(C)(C)C(C)(C)O2)c1. The third-order valence-electron chi connectivity index (χ3n) is 14.6. The normalized spacial score (nSPS) is 27.0. The van der Waals surface area contributed by atoms with Gasteiger partial charge in [-0.15, -0.1) is 0 Å². The third kappa shape index (κ3) is 11.3. The van der Waals surface area contributed by atoms with Crippen molar-refractivity contribution >= 4 is 40.4 Å². The second-order valence-electron chi connectivity index (χ2n) is 20.6. The smallest absolute Gasteiger partial charge is 0.491 e. The number of aliphatic imine (C=N–C) groups is 2. The minimum absolute atomic E-state index is 0.329. The average molecular weight is 1090 g/mol. The lowest BCUT2D eigenvalue weighted by Crippen LogP contribution is -2.53. The molecule has 398 valence electrons. The van der Waals surface area contributed by atoms with E-state index in [1.807, 2.05) is 94.4 Å². The van der Waals surface area contributed by atoms with Gasteiger partial charge in [0.25, 0.3) is 0 Å². The third-order valence-corrected chi connectivity index (χ3v) is 15.1. The zero-order valence-corrected chi connectivity index (χ0v) is 45.4. The summed E-state index contributed by atoms with van der Waals surface area (Å²) in [5.74, 6) is 3.86. The second-order valence-corrected chi connectivity index (χ2v) is 21.6. The molecule has 7 aliphatic rings. The Hall–Kier alpha value is -5.16. The van der Waals surface area contributed by atoms with E-state index in [2.05, 4.69) is 39.1 Å². The highest BCUT2D eigenvalue weighted by Crippen LogP contribution is 2.53. The molecule has 20 heteroatoms. The van der Waals surface area contributed by atoms with Crippen molar-refractivity contribution in [2.45, 2.75) is 100 Å². The number of hydrogen-bond acceptors (Lipinski definition) is 18. The topological polar surface area (TPSA) is 194 Å². The molecule has 4 spiro atoms. The molecule has 74 heavy (non-hydrogen) atoms. The Kier molecular flexibility index (Phi) is 15.8. The molecule has 3 saturated heterocycles. The first-order valence-electron chi connectivity index (χ1n) is 25.2. The Morgan fingerprint density at radius 2 is 1.12 bits per heavy atom. The number of benzene rings is 4. The zero-order chi connectivity index (χ0) is 52.4. The van der Waals surface area contributed by atoms with E-state index in [1.54, 1.807) is 28.3 Å². The number of nitrogens with two attached hydrogens (primary N) is 2. The number of fused-ring (bicyclic) bond motifs is 4.